The number of hydrogen-bond acceptors (Lipinski definition) is 2. The van der Waals surface area contributed by atoms with Crippen LogP contribution in [0.4, 0.5) is 18.9 Å². The first-order chi connectivity index (χ1) is 11.7. The molecule has 0 aliphatic carbocycles. The van der Waals surface area contributed by atoms with Gasteiger partial charge in [0, 0.05) is 7.05 Å². The summed E-state index contributed by atoms with van der Waals surface area (Å²) in [6, 6.07) is 10.9. The number of benzene rings is 2. The second kappa shape index (κ2) is 7.57. The highest BCUT2D eigenvalue weighted by Gasteiger charge is 2.35. The van der Waals surface area contributed by atoms with Gasteiger partial charge >= 0.3 is 6.18 Å². The van der Waals surface area contributed by atoms with Gasteiger partial charge in [-0.25, -0.2) is 0 Å². The van der Waals surface area contributed by atoms with Gasteiger partial charge in [-0.1, -0.05) is 35.9 Å². The maximum Gasteiger partial charge on any atom is 0.417 e. The number of halogens is 4. The second-order valence-corrected chi connectivity index (χ2v) is 5.64. The van der Waals surface area contributed by atoms with Gasteiger partial charge in [0.05, 0.1) is 28.4 Å². The fourth-order valence-electron chi connectivity index (χ4n) is 2.16. The van der Waals surface area contributed by atoms with E-state index in [-0.39, 0.29) is 0 Å². The number of amides is 2. The van der Waals surface area contributed by atoms with Crippen molar-refractivity contribution in [3.8, 4) is 0 Å². The van der Waals surface area contributed by atoms with E-state index >= 15 is 0 Å². The van der Waals surface area contributed by atoms with Gasteiger partial charge in [-0.3, -0.25) is 9.59 Å². The monoisotopic (exact) mass is 370 g/mol. The molecule has 0 unspecified atom stereocenters. The van der Waals surface area contributed by atoms with E-state index in [1.807, 2.05) is 0 Å². The predicted octanol–water partition coefficient (Wildman–Crippen LogP) is 4.07. The molecule has 0 radical (unpaired) electrons. The van der Waals surface area contributed by atoms with E-state index < -0.39 is 35.7 Å². The molecule has 1 N–H and O–H groups in total. The molecule has 0 aliphatic rings. The number of para-hydroxylation sites is 1. The van der Waals surface area contributed by atoms with Crippen LogP contribution in [0.1, 0.15) is 15.9 Å². The number of hydrogen-bond donors (Lipinski definition) is 1. The molecule has 0 saturated heterocycles. The number of nitrogens with one attached hydrogen (secondary N) is 1. The Kier molecular flexibility index (Phi) is 5.69. The molecule has 2 rings (SSSR count). The number of likely N-dealkylation sites (N-methyl/N-ethyl adjacent to an activating group) is 1. The minimum absolute atomic E-state index is 0.312. The molecule has 0 fully saturated rings. The van der Waals surface area contributed by atoms with Crippen molar-refractivity contribution >= 4 is 29.1 Å². The maximum absolute atomic E-state index is 13.0. The Morgan fingerprint density at radius 3 is 2.32 bits per heavy atom. The molecular weight excluding hydrogens is 357 g/mol. The van der Waals surface area contributed by atoms with Crippen LogP contribution in [0.5, 0.6) is 0 Å². The van der Waals surface area contributed by atoms with Crippen LogP contribution in [0, 0.1) is 0 Å². The van der Waals surface area contributed by atoms with Crippen LogP contribution in [0.25, 0.3) is 0 Å². The zero-order chi connectivity index (χ0) is 18.6. The highest BCUT2D eigenvalue weighted by Crippen LogP contribution is 2.32. The van der Waals surface area contributed by atoms with Crippen LogP contribution in [-0.2, 0) is 11.0 Å². The number of alkyl halides is 3. The maximum atomic E-state index is 13.0. The highest BCUT2D eigenvalue weighted by molar-refractivity contribution is 6.33. The molecule has 4 nitrogen and oxygen atoms in total. The Morgan fingerprint density at radius 1 is 1.08 bits per heavy atom. The molecule has 25 heavy (non-hydrogen) atoms. The molecule has 0 saturated carbocycles. The molecule has 0 spiro atoms. The Labute approximate surface area is 147 Å². The van der Waals surface area contributed by atoms with Crippen molar-refractivity contribution < 1.29 is 22.8 Å². The molecule has 0 aliphatic heterocycles. The third-order valence-electron chi connectivity index (χ3n) is 3.34. The fraction of sp³-hybridized carbons (Fsp3) is 0.176. The zero-order valence-electron chi connectivity index (χ0n) is 13.1. The quantitative estimate of drug-likeness (QED) is 0.882. The van der Waals surface area contributed by atoms with Crippen LogP contribution in [0.15, 0.2) is 48.5 Å². The molecule has 2 aromatic carbocycles. The third kappa shape index (κ3) is 4.73. The smallest absolute Gasteiger partial charge is 0.332 e. The van der Waals surface area contributed by atoms with E-state index in [0.29, 0.717) is 10.7 Å². The molecule has 0 heterocycles. The van der Waals surface area contributed by atoms with Crippen molar-refractivity contribution in [2.75, 3.05) is 18.9 Å². The fourth-order valence-corrected chi connectivity index (χ4v) is 2.34. The molecule has 2 amide bonds. The molecule has 8 heteroatoms. The number of carbonyl (C=O) groups excluding carboxylic acids is 2. The molecular formula is C17H14ClF3N2O2. The van der Waals surface area contributed by atoms with E-state index in [0.717, 1.165) is 17.0 Å². The average Bonchev–Trinajstić information content (AvgIpc) is 2.55. The van der Waals surface area contributed by atoms with Gasteiger partial charge < -0.3 is 10.2 Å². The number of rotatable bonds is 4. The normalized spacial score (nSPS) is 11.1. The Hall–Kier alpha value is -2.54. The summed E-state index contributed by atoms with van der Waals surface area (Å²) < 4.78 is 39.0. The third-order valence-corrected chi connectivity index (χ3v) is 3.67. The van der Waals surface area contributed by atoms with Crippen molar-refractivity contribution in [1.82, 2.24) is 4.90 Å². The standard InChI is InChI=1S/C17H14ClF3N2O2/c1-23(10-15(24)22-14-9-5-4-8-13(14)18)16(25)11-6-2-3-7-12(11)17(19,20)21/h2-9H,10H2,1H3,(H,22,24). The molecule has 132 valence electrons. The first-order valence-corrected chi connectivity index (χ1v) is 7.54. The first-order valence-electron chi connectivity index (χ1n) is 7.16. The highest BCUT2D eigenvalue weighted by atomic mass is 35.5. The molecule has 0 bridgehead atoms. The van der Waals surface area contributed by atoms with Gasteiger partial charge in [-0.2, -0.15) is 13.2 Å². The van der Waals surface area contributed by atoms with Crippen molar-refractivity contribution in [3.63, 3.8) is 0 Å². The topological polar surface area (TPSA) is 49.4 Å². The number of carbonyl (C=O) groups is 2. The summed E-state index contributed by atoms with van der Waals surface area (Å²) in [4.78, 5) is 25.2. The van der Waals surface area contributed by atoms with E-state index in [4.69, 9.17) is 11.6 Å². The summed E-state index contributed by atoms with van der Waals surface area (Å²) in [5, 5.41) is 2.82. The van der Waals surface area contributed by atoms with Crippen molar-refractivity contribution in [1.29, 1.82) is 0 Å². The van der Waals surface area contributed by atoms with Crippen LogP contribution in [0.3, 0.4) is 0 Å². The van der Waals surface area contributed by atoms with Gasteiger partial charge in [0.25, 0.3) is 5.91 Å². The van der Waals surface area contributed by atoms with E-state index in [1.54, 1.807) is 24.3 Å². The molecule has 0 aromatic heterocycles. The summed E-state index contributed by atoms with van der Waals surface area (Å²) >= 11 is 5.91. The van der Waals surface area contributed by atoms with E-state index in [2.05, 4.69) is 5.32 Å². The largest absolute Gasteiger partial charge is 0.417 e. The van der Waals surface area contributed by atoms with E-state index in [1.165, 1.54) is 19.2 Å². The predicted molar refractivity (Wildman–Crippen MR) is 88.5 cm³/mol. The van der Waals surface area contributed by atoms with E-state index in [9.17, 15) is 22.8 Å². The number of nitrogens with zero attached hydrogens (tertiary/aromatic N) is 1. The summed E-state index contributed by atoms with van der Waals surface area (Å²) in [5.41, 5.74) is -1.20. The van der Waals surface area contributed by atoms with Gasteiger partial charge in [0.2, 0.25) is 5.91 Å². The minimum Gasteiger partial charge on any atom is -0.332 e. The zero-order valence-corrected chi connectivity index (χ0v) is 13.9. The second-order valence-electron chi connectivity index (χ2n) is 5.23. The Bertz CT molecular complexity index is 793. The van der Waals surface area contributed by atoms with Crippen LogP contribution in [0.2, 0.25) is 5.02 Å². The van der Waals surface area contributed by atoms with Crippen molar-refractivity contribution in [3.05, 3.63) is 64.7 Å². The van der Waals surface area contributed by atoms with Crippen molar-refractivity contribution in [2.45, 2.75) is 6.18 Å². The average molecular weight is 371 g/mol. The number of anilines is 1. The van der Waals surface area contributed by atoms with Gasteiger partial charge in [0.15, 0.2) is 0 Å². The van der Waals surface area contributed by atoms with Gasteiger partial charge in [-0.05, 0) is 24.3 Å². The van der Waals surface area contributed by atoms with Crippen LogP contribution >= 0.6 is 11.6 Å². The minimum atomic E-state index is -4.66. The SMILES string of the molecule is CN(CC(=O)Nc1ccccc1Cl)C(=O)c1ccccc1C(F)(F)F. The summed E-state index contributed by atoms with van der Waals surface area (Å²) in [6.45, 7) is -0.420. The molecule has 2 aromatic rings. The van der Waals surface area contributed by atoms with Crippen molar-refractivity contribution in [2.24, 2.45) is 0 Å². The Morgan fingerprint density at radius 2 is 1.68 bits per heavy atom. The lowest BCUT2D eigenvalue weighted by molar-refractivity contribution is -0.138. The van der Waals surface area contributed by atoms with Gasteiger partial charge in [-0.15, -0.1) is 0 Å². The van der Waals surface area contributed by atoms with Crippen LogP contribution in [-0.4, -0.2) is 30.3 Å². The lowest BCUT2D eigenvalue weighted by atomic mass is 10.1. The summed E-state index contributed by atoms with van der Waals surface area (Å²) in [7, 11) is 1.25. The lowest BCUT2D eigenvalue weighted by Crippen LogP contribution is -2.35. The first kappa shape index (κ1) is 18.8. The van der Waals surface area contributed by atoms with Crippen LogP contribution < -0.4 is 5.32 Å². The lowest BCUT2D eigenvalue weighted by Gasteiger charge is -2.19. The Balaban J connectivity index is 2.11. The van der Waals surface area contributed by atoms with Gasteiger partial charge in [0.1, 0.15) is 0 Å². The summed E-state index contributed by atoms with van der Waals surface area (Å²) in [5.74, 6) is -1.48. The molecule has 0 atom stereocenters. The summed E-state index contributed by atoms with van der Waals surface area (Å²) in [6.07, 6.45) is -4.66.